The van der Waals surface area contributed by atoms with Gasteiger partial charge in [0, 0.05) is 24.2 Å². The monoisotopic (exact) mass is 316 g/mol. The second-order valence-corrected chi connectivity index (χ2v) is 5.81. The molecule has 1 amide bonds. The van der Waals surface area contributed by atoms with Crippen LogP contribution in [0.25, 0.3) is 0 Å². The van der Waals surface area contributed by atoms with Gasteiger partial charge in [0.05, 0.1) is 6.04 Å². The van der Waals surface area contributed by atoms with E-state index in [1.54, 1.807) is 4.90 Å². The third-order valence-corrected chi connectivity index (χ3v) is 4.34. The lowest BCUT2D eigenvalue weighted by Crippen LogP contribution is -2.30. The van der Waals surface area contributed by atoms with Crippen LogP contribution in [0.5, 0.6) is 0 Å². The third kappa shape index (κ3) is 3.80. The molecule has 4 heteroatoms. The minimum absolute atomic E-state index is 0.0608. The maximum absolute atomic E-state index is 12.4. The normalized spacial score (nSPS) is 12.0. The summed E-state index contributed by atoms with van der Waals surface area (Å²) in [6.07, 6.45) is 1.07. The second kappa shape index (κ2) is 7.32. The molecule has 2 N–H and O–H groups in total. The molecule has 0 saturated carbocycles. The van der Waals surface area contributed by atoms with Gasteiger partial charge < -0.3 is 10.6 Å². The highest BCUT2D eigenvalue weighted by Gasteiger charge is 2.19. The molecule has 0 saturated heterocycles. The Morgan fingerprint density at radius 3 is 2.50 bits per heavy atom. The van der Waals surface area contributed by atoms with Crippen LogP contribution in [-0.4, -0.2) is 17.9 Å². The van der Waals surface area contributed by atoms with Gasteiger partial charge in [-0.1, -0.05) is 48.0 Å². The number of para-hydroxylation sites is 1. The van der Waals surface area contributed by atoms with Crippen molar-refractivity contribution >= 4 is 23.2 Å². The summed E-state index contributed by atoms with van der Waals surface area (Å²) in [4.78, 5) is 14.1. The molecule has 1 atom stereocenters. The summed E-state index contributed by atoms with van der Waals surface area (Å²) in [5, 5.41) is 0.682. The maximum Gasteiger partial charge on any atom is 0.223 e. The number of nitrogens with zero attached hydrogens (tertiary/aromatic N) is 1. The van der Waals surface area contributed by atoms with Crippen molar-refractivity contribution in [1.82, 2.24) is 4.90 Å². The Kier molecular flexibility index (Phi) is 5.45. The number of aryl methyl sites for hydroxylation is 1. The molecule has 0 spiro atoms. The summed E-state index contributed by atoms with van der Waals surface area (Å²) in [7, 11) is 1.81. The van der Waals surface area contributed by atoms with E-state index in [4.69, 9.17) is 17.3 Å². The molecule has 0 heterocycles. The zero-order valence-electron chi connectivity index (χ0n) is 12.9. The minimum Gasteiger partial charge on any atom is -0.399 e. The van der Waals surface area contributed by atoms with Crippen LogP contribution in [-0.2, 0) is 11.2 Å². The van der Waals surface area contributed by atoms with Crippen LogP contribution in [0.2, 0.25) is 5.02 Å². The van der Waals surface area contributed by atoms with Gasteiger partial charge in [-0.25, -0.2) is 0 Å². The molecule has 1 unspecified atom stereocenters. The van der Waals surface area contributed by atoms with Crippen LogP contribution in [0.3, 0.4) is 0 Å². The first-order valence-corrected chi connectivity index (χ1v) is 7.72. The Hall–Kier alpha value is -2.00. The van der Waals surface area contributed by atoms with E-state index < -0.39 is 0 Å². The van der Waals surface area contributed by atoms with E-state index >= 15 is 0 Å². The van der Waals surface area contributed by atoms with E-state index in [9.17, 15) is 4.79 Å². The fourth-order valence-electron chi connectivity index (χ4n) is 2.42. The standard InChI is InChI=1S/C18H21ClN2O/c1-13(15-8-4-5-9-16(15)19)21(2)18(22)12-11-14-7-3-6-10-17(14)20/h3-10,13H,11-12,20H2,1-2H3. The van der Waals surface area contributed by atoms with Crippen molar-refractivity contribution in [3.63, 3.8) is 0 Å². The smallest absolute Gasteiger partial charge is 0.223 e. The summed E-state index contributed by atoms with van der Waals surface area (Å²) in [6, 6.07) is 15.2. The summed E-state index contributed by atoms with van der Waals surface area (Å²) < 4.78 is 0. The number of benzene rings is 2. The number of nitrogen functional groups attached to an aromatic ring is 1. The number of carbonyl (C=O) groups excluding carboxylic acids is 1. The number of hydrogen-bond donors (Lipinski definition) is 1. The highest BCUT2D eigenvalue weighted by atomic mass is 35.5. The first-order valence-electron chi connectivity index (χ1n) is 7.34. The topological polar surface area (TPSA) is 46.3 Å². The predicted molar refractivity (Wildman–Crippen MR) is 91.8 cm³/mol. The van der Waals surface area contributed by atoms with Gasteiger partial charge in [-0.15, -0.1) is 0 Å². The highest BCUT2D eigenvalue weighted by molar-refractivity contribution is 6.31. The molecule has 2 aromatic carbocycles. The number of halogens is 1. The van der Waals surface area contributed by atoms with Crippen LogP contribution in [0, 0.1) is 0 Å². The van der Waals surface area contributed by atoms with Crippen molar-refractivity contribution in [3.8, 4) is 0 Å². The molecule has 0 aliphatic heterocycles. The van der Waals surface area contributed by atoms with E-state index in [1.807, 2.05) is 62.5 Å². The number of amides is 1. The van der Waals surface area contributed by atoms with E-state index in [0.717, 1.165) is 16.8 Å². The van der Waals surface area contributed by atoms with Crippen molar-refractivity contribution in [2.75, 3.05) is 12.8 Å². The Labute approximate surface area is 136 Å². The zero-order chi connectivity index (χ0) is 16.1. The van der Waals surface area contributed by atoms with E-state index in [1.165, 1.54) is 0 Å². The lowest BCUT2D eigenvalue weighted by molar-refractivity contribution is -0.131. The second-order valence-electron chi connectivity index (χ2n) is 5.40. The quantitative estimate of drug-likeness (QED) is 0.845. The number of anilines is 1. The van der Waals surface area contributed by atoms with Crippen LogP contribution >= 0.6 is 11.6 Å². The first-order chi connectivity index (χ1) is 10.5. The van der Waals surface area contributed by atoms with Crippen molar-refractivity contribution in [2.45, 2.75) is 25.8 Å². The van der Waals surface area contributed by atoms with E-state index in [-0.39, 0.29) is 11.9 Å². The molecule has 0 aromatic heterocycles. The van der Waals surface area contributed by atoms with Gasteiger partial charge in [0.15, 0.2) is 0 Å². The van der Waals surface area contributed by atoms with Crippen LogP contribution in [0.4, 0.5) is 5.69 Å². The van der Waals surface area contributed by atoms with Gasteiger partial charge in [-0.3, -0.25) is 4.79 Å². The van der Waals surface area contributed by atoms with E-state index in [2.05, 4.69) is 0 Å². The van der Waals surface area contributed by atoms with Gasteiger partial charge in [0.25, 0.3) is 0 Å². The molecular formula is C18H21ClN2O. The fraction of sp³-hybridized carbons (Fsp3) is 0.278. The largest absolute Gasteiger partial charge is 0.399 e. The molecule has 2 aromatic rings. The zero-order valence-corrected chi connectivity index (χ0v) is 13.7. The average Bonchev–Trinajstić information content (AvgIpc) is 2.53. The molecule has 3 nitrogen and oxygen atoms in total. The van der Waals surface area contributed by atoms with Gasteiger partial charge in [-0.2, -0.15) is 0 Å². The molecule has 0 radical (unpaired) electrons. The lowest BCUT2D eigenvalue weighted by atomic mass is 10.0. The summed E-state index contributed by atoms with van der Waals surface area (Å²) in [6.45, 7) is 1.98. The average molecular weight is 317 g/mol. The molecule has 0 aliphatic rings. The van der Waals surface area contributed by atoms with Crippen LogP contribution in [0.1, 0.15) is 30.5 Å². The third-order valence-electron chi connectivity index (χ3n) is 3.99. The van der Waals surface area contributed by atoms with Crippen molar-refractivity contribution in [2.24, 2.45) is 0 Å². The van der Waals surface area contributed by atoms with Gasteiger partial charge >= 0.3 is 0 Å². The summed E-state index contributed by atoms with van der Waals surface area (Å²) in [5.41, 5.74) is 8.61. The van der Waals surface area contributed by atoms with Crippen molar-refractivity contribution in [3.05, 3.63) is 64.7 Å². The van der Waals surface area contributed by atoms with Gasteiger partial charge in [0.2, 0.25) is 5.91 Å². The number of nitrogens with two attached hydrogens (primary N) is 1. The number of rotatable bonds is 5. The van der Waals surface area contributed by atoms with Crippen molar-refractivity contribution in [1.29, 1.82) is 0 Å². The molecule has 22 heavy (non-hydrogen) atoms. The first kappa shape index (κ1) is 16.4. The Morgan fingerprint density at radius 2 is 1.82 bits per heavy atom. The Balaban J connectivity index is 2.00. The Bertz CT molecular complexity index is 657. The van der Waals surface area contributed by atoms with Crippen LogP contribution in [0.15, 0.2) is 48.5 Å². The summed E-state index contributed by atoms with van der Waals surface area (Å²) >= 11 is 6.21. The molecule has 0 bridgehead atoms. The molecule has 116 valence electrons. The summed E-state index contributed by atoms with van der Waals surface area (Å²) in [5.74, 6) is 0.0793. The maximum atomic E-state index is 12.4. The molecule has 0 fully saturated rings. The SMILES string of the molecule is CC(c1ccccc1Cl)N(C)C(=O)CCc1ccccc1N. The Morgan fingerprint density at radius 1 is 1.18 bits per heavy atom. The number of hydrogen-bond acceptors (Lipinski definition) is 2. The van der Waals surface area contributed by atoms with Gasteiger partial charge in [-0.05, 0) is 36.6 Å². The van der Waals surface area contributed by atoms with Crippen molar-refractivity contribution < 1.29 is 4.79 Å². The van der Waals surface area contributed by atoms with E-state index in [0.29, 0.717) is 17.9 Å². The highest BCUT2D eigenvalue weighted by Crippen LogP contribution is 2.26. The predicted octanol–water partition coefficient (Wildman–Crippen LogP) is 4.07. The lowest BCUT2D eigenvalue weighted by Gasteiger charge is -2.26. The number of carbonyl (C=O) groups is 1. The molecular weight excluding hydrogens is 296 g/mol. The minimum atomic E-state index is -0.0608. The van der Waals surface area contributed by atoms with Gasteiger partial charge in [0.1, 0.15) is 0 Å². The molecule has 2 rings (SSSR count). The van der Waals surface area contributed by atoms with Crippen LogP contribution < -0.4 is 5.73 Å². The fourth-order valence-corrected chi connectivity index (χ4v) is 2.71. The molecule has 0 aliphatic carbocycles.